The van der Waals surface area contributed by atoms with Gasteiger partial charge in [-0.1, -0.05) is 25.9 Å². The molecule has 20 heavy (non-hydrogen) atoms. The lowest BCUT2D eigenvalue weighted by Gasteiger charge is -2.34. The van der Waals surface area contributed by atoms with Gasteiger partial charge in [-0.2, -0.15) is 0 Å². The van der Waals surface area contributed by atoms with Crippen LogP contribution in [0.3, 0.4) is 0 Å². The fraction of sp³-hybridized carbons (Fsp3) is 0.867. The van der Waals surface area contributed by atoms with Gasteiger partial charge in [0.2, 0.25) is 0 Å². The van der Waals surface area contributed by atoms with E-state index in [1.807, 2.05) is 0 Å². The average Bonchev–Trinajstić information content (AvgIpc) is 3.03. The zero-order valence-electron chi connectivity index (χ0n) is 14.1. The Morgan fingerprint density at radius 2 is 1.30 bits per heavy atom. The van der Waals surface area contributed by atoms with Crippen molar-refractivity contribution in [2.75, 3.05) is 26.2 Å². The molecule has 0 radical (unpaired) electrons. The number of likely N-dealkylation sites (N-methyl/N-ethyl adjacent to an activating group) is 2. The van der Waals surface area contributed by atoms with Crippen molar-refractivity contribution in [2.24, 2.45) is 10.5 Å². The first-order valence-electron chi connectivity index (χ1n) is 7.66. The molecule has 0 aromatic rings. The number of nitrogens with zero attached hydrogens (tertiary/aromatic N) is 5. The van der Waals surface area contributed by atoms with E-state index in [2.05, 4.69) is 68.3 Å². The molecular weight excluding hydrogens is 250 g/mol. The molecule has 0 spiro atoms. The molecule has 0 bridgehead atoms. The minimum atomic E-state index is -0.486. The lowest BCUT2D eigenvalue weighted by molar-refractivity contribution is 0.243. The summed E-state index contributed by atoms with van der Waals surface area (Å²) >= 11 is 0. The molecule has 0 saturated carbocycles. The quantitative estimate of drug-likeness (QED) is 0.402. The SMILES string of the molecule is CCN(CC)C1=C(N(CC)CC)C1(N=[N+]=[N-])C(C)(C)C. The van der Waals surface area contributed by atoms with Gasteiger partial charge < -0.3 is 9.80 Å². The molecule has 0 aromatic heterocycles. The molecule has 0 unspecified atom stereocenters. The van der Waals surface area contributed by atoms with Gasteiger partial charge in [-0.05, 0) is 38.6 Å². The molecule has 1 aliphatic carbocycles. The van der Waals surface area contributed by atoms with E-state index >= 15 is 0 Å². The summed E-state index contributed by atoms with van der Waals surface area (Å²) in [5.41, 5.74) is 10.9. The highest BCUT2D eigenvalue weighted by atomic mass is 15.4. The van der Waals surface area contributed by atoms with Crippen LogP contribution in [0.4, 0.5) is 0 Å². The molecule has 1 aliphatic rings. The summed E-state index contributed by atoms with van der Waals surface area (Å²) in [6.45, 7) is 18.8. The monoisotopic (exact) mass is 279 g/mol. The minimum absolute atomic E-state index is 0.116. The zero-order valence-corrected chi connectivity index (χ0v) is 14.1. The van der Waals surface area contributed by atoms with Crippen LogP contribution in [0.2, 0.25) is 0 Å². The second kappa shape index (κ2) is 5.96. The van der Waals surface area contributed by atoms with Crippen molar-refractivity contribution in [2.45, 2.75) is 54.0 Å². The van der Waals surface area contributed by atoms with Gasteiger partial charge in [0.05, 0.1) is 11.4 Å². The van der Waals surface area contributed by atoms with Gasteiger partial charge in [-0.15, -0.1) is 0 Å². The maximum absolute atomic E-state index is 9.09. The van der Waals surface area contributed by atoms with Crippen molar-refractivity contribution in [3.8, 4) is 0 Å². The molecule has 1 rings (SSSR count). The van der Waals surface area contributed by atoms with Gasteiger partial charge >= 0.3 is 0 Å². The number of hydrogen-bond acceptors (Lipinski definition) is 3. The first-order chi connectivity index (χ1) is 9.35. The normalized spacial score (nSPS) is 16.8. The summed E-state index contributed by atoms with van der Waals surface area (Å²) in [7, 11) is 0. The van der Waals surface area contributed by atoms with Gasteiger partial charge in [-0.3, -0.25) is 0 Å². The highest BCUT2D eigenvalue weighted by Crippen LogP contribution is 2.60. The van der Waals surface area contributed by atoms with Crippen molar-refractivity contribution in [1.82, 2.24) is 9.80 Å². The van der Waals surface area contributed by atoms with Crippen molar-refractivity contribution >= 4 is 0 Å². The first-order valence-corrected chi connectivity index (χ1v) is 7.66. The van der Waals surface area contributed by atoms with Crippen LogP contribution in [0.1, 0.15) is 48.5 Å². The van der Waals surface area contributed by atoms with Gasteiger partial charge in [-0.25, -0.2) is 0 Å². The van der Waals surface area contributed by atoms with Crippen LogP contribution in [0.25, 0.3) is 10.4 Å². The van der Waals surface area contributed by atoms with Crippen molar-refractivity contribution in [3.05, 3.63) is 21.8 Å². The molecule has 0 saturated heterocycles. The molecule has 0 atom stereocenters. The van der Waals surface area contributed by atoms with E-state index in [1.165, 1.54) is 11.4 Å². The summed E-state index contributed by atoms with van der Waals surface area (Å²) in [6.07, 6.45) is 0. The molecule has 114 valence electrons. The summed E-state index contributed by atoms with van der Waals surface area (Å²) in [5.74, 6) is 0. The van der Waals surface area contributed by atoms with E-state index < -0.39 is 5.54 Å². The van der Waals surface area contributed by atoms with Gasteiger partial charge in [0.25, 0.3) is 0 Å². The van der Waals surface area contributed by atoms with Crippen LogP contribution >= 0.6 is 0 Å². The Morgan fingerprint density at radius 1 is 0.950 bits per heavy atom. The Bertz CT molecular complexity index is 396. The number of azide groups is 1. The molecule has 0 aromatic carbocycles. The molecule has 0 amide bonds. The minimum Gasteiger partial charge on any atom is -0.373 e. The third kappa shape index (κ3) is 2.35. The lowest BCUT2D eigenvalue weighted by Crippen LogP contribution is -2.38. The van der Waals surface area contributed by atoms with Gasteiger partial charge in [0, 0.05) is 31.1 Å². The van der Waals surface area contributed by atoms with E-state index in [-0.39, 0.29) is 5.41 Å². The van der Waals surface area contributed by atoms with Crippen LogP contribution in [0.5, 0.6) is 0 Å². The maximum atomic E-state index is 9.09. The van der Waals surface area contributed by atoms with Gasteiger partial charge in [0.1, 0.15) is 5.54 Å². The largest absolute Gasteiger partial charge is 0.373 e. The third-order valence-electron chi connectivity index (χ3n) is 4.29. The van der Waals surface area contributed by atoms with E-state index in [9.17, 15) is 0 Å². The molecule has 5 heteroatoms. The fourth-order valence-corrected chi connectivity index (χ4v) is 3.11. The Kier molecular flexibility index (Phi) is 4.98. The smallest absolute Gasteiger partial charge is 0.136 e. The zero-order chi connectivity index (χ0) is 15.6. The molecule has 0 aliphatic heterocycles. The van der Waals surface area contributed by atoms with Crippen LogP contribution in [-0.2, 0) is 0 Å². The summed E-state index contributed by atoms with van der Waals surface area (Å²) in [4.78, 5) is 7.82. The van der Waals surface area contributed by atoms with Crippen LogP contribution in [-0.4, -0.2) is 41.5 Å². The van der Waals surface area contributed by atoms with Gasteiger partial charge in [0.15, 0.2) is 0 Å². The molecule has 0 heterocycles. The third-order valence-corrected chi connectivity index (χ3v) is 4.29. The van der Waals surface area contributed by atoms with Crippen molar-refractivity contribution < 1.29 is 0 Å². The number of hydrogen-bond donors (Lipinski definition) is 0. The highest BCUT2D eigenvalue weighted by molar-refractivity contribution is 5.56. The summed E-state index contributed by atoms with van der Waals surface area (Å²) < 4.78 is 0. The molecular formula is C15H29N5. The Morgan fingerprint density at radius 3 is 1.50 bits per heavy atom. The standard InChI is InChI=1S/C15H29N5/c1-8-19(9-2)12-13(20(10-3)11-4)15(12,17-18-16)14(5,6)7/h8-11H2,1-7H3. The van der Waals surface area contributed by atoms with Crippen LogP contribution < -0.4 is 0 Å². The van der Waals surface area contributed by atoms with E-state index in [0.717, 1.165) is 26.2 Å². The van der Waals surface area contributed by atoms with Crippen LogP contribution in [0.15, 0.2) is 16.5 Å². The topological polar surface area (TPSA) is 55.2 Å². The molecule has 5 nitrogen and oxygen atoms in total. The molecule has 0 N–H and O–H groups in total. The first kappa shape index (κ1) is 16.7. The summed E-state index contributed by atoms with van der Waals surface area (Å²) in [6, 6.07) is 0. The number of rotatable bonds is 7. The van der Waals surface area contributed by atoms with Crippen LogP contribution in [0, 0.1) is 5.41 Å². The second-order valence-corrected chi connectivity index (χ2v) is 6.19. The highest BCUT2D eigenvalue weighted by Gasteiger charge is 2.63. The van der Waals surface area contributed by atoms with E-state index in [4.69, 9.17) is 5.53 Å². The molecule has 0 fully saturated rings. The van der Waals surface area contributed by atoms with E-state index in [1.54, 1.807) is 0 Å². The van der Waals surface area contributed by atoms with Crippen molar-refractivity contribution in [3.63, 3.8) is 0 Å². The Balaban J connectivity index is 3.37. The van der Waals surface area contributed by atoms with E-state index in [0.29, 0.717) is 0 Å². The predicted octanol–water partition coefficient (Wildman–Crippen LogP) is 3.99. The van der Waals surface area contributed by atoms with Crippen molar-refractivity contribution in [1.29, 1.82) is 0 Å². The predicted molar refractivity (Wildman–Crippen MR) is 84.2 cm³/mol. The maximum Gasteiger partial charge on any atom is 0.136 e. The fourth-order valence-electron chi connectivity index (χ4n) is 3.11. The Labute approximate surface area is 123 Å². The second-order valence-electron chi connectivity index (χ2n) is 6.19. The average molecular weight is 279 g/mol. The summed E-state index contributed by atoms with van der Waals surface area (Å²) in [5, 5.41) is 4.26. The Hall–Kier alpha value is -1.35. The lowest BCUT2D eigenvalue weighted by atomic mass is 9.81.